The summed E-state index contributed by atoms with van der Waals surface area (Å²) in [5, 5.41) is 3.41. The Balaban J connectivity index is 1.60. The van der Waals surface area contributed by atoms with Crippen molar-refractivity contribution in [2.45, 2.75) is 39.2 Å². The number of benzene rings is 1. The van der Waals surface area contributed by atoms with E-state index < -0.39 is 24.8 Å². The van der Waals surface area contributed by atoms with Gasteiger partial charge in [-0.3, -0.25) is 9.59 Å². The highest BCUT2D eigenvalue weighted by molar-refractivity contribution is 6.06. The van der Waals surface area contributed by atoms with Gasteiger partial charge in [-0.2, -0.15) is 0 Å². The van der Waals surface area contributed by atoms with Crippen molar-refractivity contribution in [1.82, 2.24) is 19.9 Å². The number of anilines is 1. The van der Waals surface area contributed by atoms with Crippen LogP contribution >= 0.6 is 0 Å². The quantitative estimate of drug-likeness (QED) is 0.325. The van der Waals surface area contributed by atoms with Crippen molar-refractivity contribution in [3.63, 3.8) is 0 Å². The van der Waals surface area contributed by atoms with E-state index in [1.807, 2.05) is 44.2 Å². The number of aromatic nitrogens is 3. The number of aromatic amines is 1. The van der Waals surface area contributed by atoms with Crippen molar-refractivity contribution in [3.8, 4) is 11.3 Å². The molecule has 1 aromatic carbocycles. The number of H-pyrrole nitrogens is 1. The first-order valence-electron chi connectivity index (χ1n) is 11.4. The predicted octanol–water partition coefficient (Wildman–Crippen LogP) is 3.89. The van der Waals surface area contributed by atoms with Crippen LogP contribution in [0.15, 0.2) is 36.4 Å². The highest BCUT2D eigenvalue weighted by Gasteiger charge is 2.37. The van der Waals surface area contributed by atoms with Crippen molar-refractivity contribution in [1.29, 1.82) is 0 Å². The lowest BCUT2D eigenvalue weighted by Crippen LogP contribution is -2.44. The third-order valence-corrected chi connectivity index (χ3v) is 6.17. The number of rotatable bonds is 2. The predicted molar refractivity (Wildman–Crippen MR) is 128 cm³/mol. The Morgan fingerprint density at radius 1 is 1.20 bits per heavy atom. The molecule has 180 valence electrons. The Bertz CT molecular complexity index is 1380. The molecule has 4 heterocycles. The summed E-state index contributed by atoms with van der Waals surface area (Å²) in [4.78, 5) is 51.0. The molecule has 10 nitrogen and oxygen atoms in total. The second kappa shape index (κ2) is 8.86. The van der Waals surface area contributed by atoms with Crippen LogP contribution in [0.4, 0.5) is 10.6 Å². The lowest BCUT2D eigenvalue weighted by molar-refractivity contribution is -0.149. The lowest BCUT2D eigenvalue weighted by Gasteiger charge is -2.30. The van der Waals surface area contributed by atoms with E-state index in [0.717, 1.165) is 33.1 Å². The molecule has 2 unspecified atom stereocenters. The summed E-state index contributed by atoms with van der Waals surface area (Å²) >= 11 is 0. The largest absolute Gasteiger partial charge is 0.428 e. The number of carbonyl (C=O) groups excluding carboxylic acids is 3. The second-order valence-corrected chi connectivity index (χ2v) is 8.71. The van der Waals surface area contributed by atoms with Crippen molar-refractivity contribution < 1.29 is 23.9 Å². The maximum Gasteiger partial charge on any atom is 0.419 e. The summed E-state index contributed by atoms with van der Waals surface area (Å²) in [6.07, 6.45) is 3.79. The van der Waals surface area contributed by atoms with E-state index in [1.54, 1.807) is 6.07 Å². The van der Waals surface area contributed by atoms with Gasteiger partial charge in [-0.05, 0) is 32.4 Å². The number of esters is 1. The number of para-hydroxylation sites is 1. The van der Waals surface area contributed by atoms with Crippen molar-refractivity contribution in [3.05, 3.63) is 53.4 Å². The zero-order valence-electron chi connectivity index (χ0n) is 19.6. The van der Waals surface area contributed by atoms with E-state index in [4.69, 9.17) is 14.7 Å². The first-order valence-corrected chi connectivity index (χ1v) is 11.4. The van der Waals surface area contributed by atoms with Crippen LogP contribution in [0.25, 0.3) is 22.3 Å². The van der Waals surface area contributed by atoms with Crippen LogP contribution in [0.1, 0.15) is 47.9 Å². The number of amides is 2. The molecule has 0 radical (unpaired) electrons. The average Bonchev–Trinajstić information content (AvgIpc) is 3.26. The number of nitrogens with zero attached hydrogens (tertiary/aromatic N) is 3. The molecule has 0 spiro atoms. The van der Waals surface area contributed by atoms with Crippen molar-refractivity contribution in [2.75, 3.05) is 18.7 Å². The number of hydrogen-bond acceptors (Lipinski definition) is 8. The van der Waals surface area contributed by atoms with Crippen LogP contribution in [-0.4, -0.2) is 57.2 Å². The molecule has 10 heteroatoms. The third-order valence-electron chi connectivity index (χ3n) is 6.17. The van der Waals surface area contributed by atoms with E-state index in [-0.39, 0.29) is 18.5 Å². The Morgan fingerprint density at radius 3 is 2.83 bits per heavy atom. The zero-order chi connectivity index (χ0) is 24.7. The molecule has 4 bridgehead atoms. The molecule has 2 aliphatic heterocycles. The molecule has 2 aromatic heterocycles. The maximum atomic E-state index is 13.3. The highest BCUT2D eigenvalue weighted by atomic mass is 16.7. The van der Waals surface area contributed by atoms with Crippen molar-refractivity contribution >= 4 is 34.8 Å². The SMILES string of the molecule is CC(=O)OCOC(=O)N1CC2CC=CC(C)Nc3nc4c(cccc4nc3C)-c3cc(c2[nH]3)C1=O. The summed E-state index contributed by atoms with van der Waals surface area (Å²) < 4.78 is 9.69. The minimum Gasteiger partial charge on any atom is -0.428 e. The molecule has 0 saturated carbocycles. The topological polar surface area (TPSA) is 127 Å². The minimum absolute atomic E-state index is 0.0128. The Hall–Kier alpha value is -4.21. The lowest BCUT2D eigenvalue weighted by atomic mass is 9.92. The van der Waals surface area contributed by atoms with Crippen molar-refractivity contribution in [2.24, 2.45) is 0 Å². The van der Waals surface area contributed by atoms with Gasteiger partial charge in [0.05, 0.1) is 16.8 Å². The molecule has 2 amide bonds. The molecular weight excluding hydrogens is 450 g/mol. The van der Waals surface area contributed by atoms with Gasteiger partial charge < -0.3 is 19.8 Å². The van der Waals surface area contributed by atoms with Gasteiger partial charge in [0.25, 0.3) is 5.91 Å². The van der Waals surface area contributed by atoms with E-state index in [9.17, 15) is 14.4 Å². The van der Waals surface area contributed by atoms with Crippen LogP contribution < -0.4 is 5.32 Å². The molecule has 2 N–H and O–H groups in total. The number of imide groups is 1. The Labute approximate surface area is 201 Å². The number of nitrogens with one attached hydrogen (secondary N) is 2. The summed E-state index contributed by atoms with van der Waals surface area (Å²) in [7, 11) is 0. The van der Waals surface area contributed by atoms with Gasteiger partial charge >= 0.3 is 12.1 Å². The number of ether oxygens (including phenoxy) is 2. The normalized spacial score (nSPS) is 18.9. The Morgan fingerprint density at radius 2 is 2.03 bits per heavy atom. The number of hydrogen-bond donors (Lipinski definition) is 2. The summed E-state index contributed by atoms with van der Waals surface area (Å²) in [5.74, 6) is -0.517. The van der Waals surface area contributed by atoms with Crippen LogP contribution in [0.3, 0.4) is 0 Å². The van der Waals surface area contributed by atoms with Gasteiger partial charge in [0.1, 0.15) is 11.3 Å². The average molecular weight is 476 g/mol. The Kier molecular flexibility index (Phi) is 5.72. The fourth-order valence-electron chi connectivity index (χ4n) is 4.48. The fourth-order valence-corrected chi connectivity index (χ4v) is 4.48. The standard InChI is InChI=1S/C25H25N5O5/c1-13-6-4-7-16-11-30(25(33)35-12-34-15(3)31)24(32)18-10-20(28-21(16)18)17-8-5-9-19-22(17)29-23(26-13)14(2)27-19/h4-6,8-10,13,16,28H,7,11-12H2,1-3H3,(H,26,29). The fraction of sp³-hybridized carbons (Fsp3) is 0.320. The van der Waals surface area contributed by atoms with E-state index in [0.29, 0.717) is 23.3 Å². The minimum atomic E-state index is -0.856. The van der Waals surface area contributed by atoms with Crippen LogP contribution in [0.5, 0.6) is 0 Å². The van der Waals surface area contributed by atoms with Crippen LogP contribution in [0, 0.1) is 6.92 Å². The maximum absolute atomic E-state index is 13.3. The van der Waals surface area contributed by atoms with E-state index in [2.05, 4.69) is 15.0 Å². The number of carbonyl (C=O) groups is 3. The number of allylic oxidation sites excluding steroid dienone is 1. The highest BCUT2D eigenvalue weighted by Crippen LogP contribution is 2.36. The van der Waals surface area contributed by atoms with Gasteiger partial charge in [-0.1, -0.05) is 24.3 Å². The molecule has 2 aliphatic rings. The summed E-state index contributed by atoms with van der Waals surface area (Å²) in [6.45, 7) is 4.74. The number of fused-ring (bicyclic) bond motifs is 3. The third kappa shape index (κ3) is 4.23. The monoisotopic (exact) mass is 475 g/mol. The number of aryl methyl sites for hydroxylation is 1. The van der Waals surface area contributed by atoms with E-state index >= 15 is 0 Å². The molecule has 5 rings (SSSR count). The summed E-state index contributed by atoms with van der Waals surface area (Å²) in [6, 6.07) is 7.47. The molecule has 0 saturated heterocycles. The molecule has 0 aliphatic carbocycles. The van der Waals surface area contributed by atoms with Gasteiger partial charge in [0.2, 0.25) is 6.79 Å². The molecule has 35 heavy (non-hydrogen) atoms. The summed E-state index contributed by atoms with van der Waals surface area (Å²) in [5.41, 5.74) is 4.93. The molecule has 3 aromatic rings. The molecule has 0 fully saturated rings. The second-order valence-electron chi connectivity index (χ2n) is 8.71. The molecule has 2 atom stereocenters. The van der Waals surface area contributed by atoms with Gasteiger partial charge in [-0.15, -0.1) is 0 Å². The van der Waals surface area contributed by atoms with Gasteiger partial charge in [-0.25, -0.2) is 19.7 Å². The van der Waals surface area contributed by atoms with Crippen LogP contribution in [0.2, 0.25) is 0 Å². The van der Waals surface area contributed by atoms with E-state index in [1.165, 1.54) is 6.92 Å². The first-order chi connectivity index (χ1) is 16.8. The first kappa shape index (κ1) is 22.6. The van der Waals surface area contributed by atoms with Crippen LogP contribution in [-0.2, 0) is 14.3 Å². The zero-order valence-corrected chi connectivity index (χ0v) is 19.6. The smallest absolute Gasteiger partial charge is 0.419 e. The van der Waals surface area contributed by atoms with Gasteiger partial charge in [0.15, 0.2) is 0 Å². The van der Waals surface area contributed by atoms with Gasteiger partial charge in [0, 0.05) is 42.4 Å². The molecular formula is C25H25N5O5.